The van der Waals surface area contributed by atoms with E-state index < -0.39 is 0 Å². The number of halogens is 1. The third kappa shape index (κ3) is 9.22. The summed E-state index contributed by atoms with van der Waals surface area (Å²) in [6.07, 6.45) is 9.65. The summed E-state index contributed by atoms with van der Waals surface area (Å²) in [5, 5.41) is 4.17. The first-order valence-electron chi connectivity index (χ1n) is 9.59. The van der Waals surface area contributed by atoms with Gasteiger partial charge in [-0.3, -0.25) is 4.79 Å². The molecule has 0 unspecified atom stereocenters. The second kappa shape index (κ2) is 14.4. The highest BCUT2D eigenvalue weighted by molar-refractivity contribution is 6.31. The van der Waals surface area contributed by atoms with Gasteiger partial charge in [0.1, 0.15) is 18.1 Å². The van der Waals surface area contributed by atoms with Crippen molar-refractivity contribution in [2.75, 3.05) is 19.8 Å². The van der Waals surface area contributed by atoms with Gasteiger partial charge in [0.15, 0.2) is 12.0 Å². The molecule has 152 valence electrons. The van der Waals surface area contributed by atoms with Crippen LogP contribution >= 0.6 is 11.6 Å². The molecule has 1 aromatic heterocycles. The summed E-state index contributed by atoms with van der Waals surface area (Å²) in [5.74, 6) is 2.01. The predicted molar refractivity (Wildman–Crippen MR) is 106 cm³/mol. The van der Waals surface area contributed by atoms with Crippen LogP contribution in [0.25, 0.3) is 0 Å². The zero-order chi connectivity index (χ0) is 19.9. The number of carbonyl (C=O) groups excluding carboxylic acids is 1. The van der Waals surface area contributed by atoms with Gasteiger partial charge in [0.05, 0.1) is 5.03 Å². The largest absolute Gasteiger partial charge is 0.488 e. The van der Waals surface area contributed by atoms with Gasteiger partial charge in [-0.2, -0.15) is 0 Å². The van der Waals surface area contributed by atoms with Crippen molar-refractivity contribution in [3.8, 4) is 0 Å². The standard InChI is InChI=1S/C12H12ClNO3.C6H13NO.C2H6/c13-11-4-2-1-3-5-12(11)16-8-10-6-9(7-15)14-17-10;7-5-6-1-3-8-4-2-6;1-2/h2,4,6-7H,1,3,5,8H2;6H,1-5,7H2;1-2H3. The van der Waals surface area contributed by atoms with Crippen molar-refractivity contribution in [2.24, 2.45) is 11.7 Å². The number of allylic oxidation sites excluding steroid dienone is 4. The average molecular weight is 399 g/mol. The molecule has 0 saturated carbocycles. The fraction of sp³-hybridized carbons (Fsp3) is 0.600. The van der Waals surface area contributed by atoms with Gasteiger partial charge in [0, 0.05) is 25.7 Å². The highest BCUT2D eigenvalue weighted by atomic mass is 35.5. The van der Waals surface area contributed by atoms with Crippen molar-refractivity contribution in [1.82, 2.24) is 5.16 Å². The van der Waals surface area contributed by atoms with Crippen LogP contribution in [0.1, 0.15) is 62.2 Å². The average Bonchev–Trinajstić information content (AvgIpc) is 3.10. The van der Waals surface area contributed by atoms with E-state index in [-0.39, 0.29) is 12.3 Å². The molecule has 2 aliphatic rings. The van der Waals surface area contributed by atoms with Crippen molar-refractivity contribution in [2.45, 2.75) is 52.6 Å². The smallest absolute Gasteiger partial charge is 0.174 e. The Morgan fingerprint density at radius 1 is 1.37 bits per heavy atom. The van der Waals surface area contributed by atoms with Crippen LogP contribution in [-0.2, 0) is 16.1 Å². The van der Waals surface area contributed by atoms with Gasteiger partial charge < -0.3 is 19.7 Å². The molecule has 2 N–H and O–H groups in total. The van der Waals surface area contributed by atoms with Crippen molar-refractivity contribution >= 4 is 17.9 Å². The van der Waals surface area contributed by atoms with Crippen LogP contribution in [0.5, 0.6) is 0 Å². The maximum Gasteiger partial charge on any atom is 0.174 e. The molecule has 2 heterocycles. The van der Waals surface area contributed by atoms with Crippen molar-refractivity contribution in [3.63, 3.8) is 0 Å². The molecule has 1 saturated heterocycles. The lowest BCUT2D eigenvalue weighted by atomic mass is 10.0. The Hall–Kier alpha value is -1.63. The second-order valence-corrected chi connectivity index (χ2v) is 6.39. The van der Waals surface area contributed by atoms with Gasteiger partial charge in [0.2, 0.25) is 0 Å². The Kier molecular flexibility index (Phi) is 12.5. The predicted octanol–water partition coefficient (Wildman–Crippen LogP) is 4.59. The molecule has 0 aromatic carbocycles. The zero-order valence-electron chi connectivity index (χ0n) is 16.3. The maximum absolute atomic E-state index is 10.4. The Morgan fingerprint density at radius 2 is 2.11 bits per heavy atom. The van der Waals surface area contributed by atoms with Crippen molar-refractivity contribution in [3.05, 3.63) is 40.5 Å². The van der Waals surface area contributed by atoms with E-state index in [4.69, 9.17) is 31.3 Å². The molecule has 6 nitrogen and oxygen atoms in total. The number of carbonyl (C=O) groups is 1. The molecule has 0 spiro atoms. The molecule has 7 heteroatoms. The number of nitrogens with two attached hydrogens (primary N) is 1. The monoisotopic (exact) mass is 398 g/mol. The van der Waals surface area contributed by atoms with E-state index in [0.717, 1.165) is 63.5 Å². The summed E-state index contributed by atoms with van der Waals surface area (Å²) in [6.45, 7) is 6.91. The van der Waals surface area contributed by atoms with Gasteiger partial charge in [-0.15, -0.1) is 0 Å². The first-order valence-corrected chi connectivity index (χ1v) is 9.97. The van der Waals surface area contributed by atoms with Crippen LogP contribution in [0, 0.1) is 5.92 Å². The van der Waals surface area contributed by atoms with Crippen LogP contribution in [0.15, 0.2) is 33.5 Å². The number of hydrogen-bond donors (Lipinski definition) is 1. The lowest BCUT2D eigenvalue weighted by Gasteiger charge is -2.19. The van der Waals surface area contributed by atoms with Gasteiger partial charge in [0.25, 0.3) is 0 Å². The van der Waals surface area contributed by atoms with Crippen LogP contribution in [0.4, 0.5) is 0 Å². The van der Waals surface area contributed by atoms with Crippen LogP contribution in [0.3, 0.4) is 0 Å². The summed E-state index contributed by atoms with van der Waals surface area (Å²) in [4.78, 5) is 10.4. The molecule has 0 amide bonds. The van der Waals surface area contributed by atoms with E-state index >= 15 is 0 Å². The van der Waals surface area contributed by atoms with Crippen LogP contribution < -0.4 is 5.73 Å². The number of aldehydes is 1. The summed E-state index contributed by atoms with van der Waals surface area (Å²) in [5.41, 5.74) is 5.72. The molecule has 1 fully saturated rings. The van der Waals surface area contributed by atoms with Crippen molar-refractivity contribution < 1.29 is 18.8 Å². The third-order valence-corrected chi connectivity index (χ3v) is 4.40. The number of nitrogens with zero attached hydrogens (tertiary/aromatic N) is 1. The fourth-order valence-electron chi connectivity index (χ4n) is 2.51. The summed E-state index contributed by atoms with van der Waals surface area (Å²) in [6, 6.07) is 1.55. The number of rotatable bonds is 5. The third-order valence-electron chi connectivity index (χ3n) is 4.07. The molecular weight excluding hydrogens is 368 g/mol. The van der Waals surface area contributed by atoms with Gasteiger partial charge in [-0.05, 0) is 44.2 Å². The normalized spacial score (nSPS) is 17.2. The lowest BCUT2D eigenvalue weighted by Crippen LogP contribution is -2.22. The molecule has 0 radical (unpaired) electrons. The van der Waals surface area contributed by atoms with Gasteiger partial charge >= 0.3 is 0 Å². The molecule has 0 bridgehead atoms. The molecule has 27 heavy (non-hydrogen) atoms. The maximum atomic E-state index is 10.4. The Labute approximate surface area is 166 Å². The van der Waals surface area contributed by atoms with E-state index in [9.17, 15) is 4.79 Å². The zero-order valence-corrected chi connectivity index (χ0v) is 17.0. The molecule has 1 aliphatic carbocycles. The molecule has 1 aromatic rings. The molecular formula is C20H31ClN2O4. The van der Waals surface area contributed by atoms with Crippen molar-refractivity contribution in [1.29, 1.82) is 0 Å². The van der Waals surface area contributed by atoms with Gasteiger partial charge in [-0.1, -0.05) is 36.7 Å². The Morgan fingerprint density at radius 3 is 2.70 bits per heavy atom. The summed E-state index contributed by atoms with van der Waals surface area (Å²) < 4.78 is 15.6. The van der Waals surface area contributed by atoms with E-state index in [1.807, 2.05) is 26.0 Å². The Bertz CT molecular complexity index is 593. The van der Waals surface area contributed by atoms with Crippen LogP contribution in [-0.4, -0.2) is 31.2 Å². The minimum Gasteiger partial charge on any atom is -0.488 e. The Balaban J connectivity index is 0.000000305. The minimum absolute atomic E-state index is 0.236. The van der Waals surface area contributed by atoms with Crippen LogP contribution in [0.2, 0.25) is 0 Å². The molecule has 0 atom stereocenters. The van der Waals surface area contributed by atoms with E-state index in [2.05, 4.69) is 5.16 Å². The van der Waals surface area contributed by atoms with E-state index in [0.29, 0.717) is 17.1 Å². The molecule has 3 rings (SSSR count). The minimum atomic E-state index is 0.236. The topological polar surface area (TPSA) is 87.6 Å². The summed E-state index contributed by atoms with van der Waals surface area (Å²) in [7, 11) is 0. The van der Waals surface area contributed by atoms with E-state index in [1.165, 1.54) is 0 Å². The van der Waals surface area contributed by atoms with E-state index in [1.54, 1.807) is 6.07 Å². The highest BCUT2D eigenvalue weighted by Gasteiger charge is 2.11. The number of ether oxygens (including phenoxy) is 2. The first-order chi connectivity index (χ1) is 13.2. The molecule has 1 aliphatic heterocycles. The fourth-order valence-corrected chi connectivity index (χ4v) is 2.75. The van der Waals surface area contributed by atoms with Gasteiger partial charge in [-0.25, -0.2) is 0 Å². The second-order valence-electron chi connectivity index (χ2n) is 5.98. The number of aromatic nitrogens is 1. The SMILES string of the molecule is CC.NCC1CCOCC1.O=Cc1cc(COC2=C(Cl)C=CCCC2)on1. The summed E-state index contributed by atoms with van der Waals surface area (Å²) >= 11 is 6.05. The highest BCUT2D eigenvalue weighted by Crippen LogP contribution is 2.23. The first kappa shape index (κ1) is 23.4. The quantitative estimate of drug-likeness (QED) is 0.729. The number of hydrogen-bond acceptors (Lipinski definition) is 6. The lowest BCUT2D eigenvalue weighted by molar-refractivity contribution is 0.0688.